The number of hydrogen-bond donors (Lipinski definition) is 2. The summed E-state index contributed by atoms with van der Waals surface area (Å²) in [7, 11) is 1.51. The summed E-state index contributed by atoms with van der Waals surface area (Å²) in [5, 5.41) is 20.7. The second-order valence-corrected chi connectivity index (χ2v) is 8.82. The van der Waals surface area contributed by atoms with E-state index in [4.69, 9.17) is 30.5 Å². The number of methoxy groups -OCH3 is 1. The second-order valence-electron chi connectivity index (χ2n) is 8.41. The van der Waals surface area contributed by atoms with Crippen molar-refractivity contribution in [2.75, 3.05) is 52.0 Å². The number of halogens is 2. The lowest BCUT2D eigenvalue weighted by atomic mass is 10.2. The third-order valence-electron chi connectivity index (χ3n) is 5.52. The number of nitrogens with zero attached hydrogens (tertiary/aromatic N) is 6. The van der Waals surface area contributed by atoms with E-state index in [-0.39, 0.29) is 43.8 Å². The van der Waals surface area contributed by atoms with Crippen LogP contribution in [0.4, 0.5) is 21.8 Å². The number of nitrogens with one attached hydrogen (secondary N) is 2. The molecule has 4 rings (SSSR count). The Kier molecular flexibility index (Phi) is 10.7. The average Bonchev–Trinajstić information content (AvgIpc) is 3.44. The van der Waals surface area contributed by atoms with Crippen molar-refractivity contribution >= 4 is 45.9 Å². The summed E-state index contributed by atoms with van der Waals surface area (Å²) in [5.74, 6) is -0.0168. The van der Waals surface area contributed by atoms with Gasteiger partial charge in [0, 0.05) is 23.1 Å². The Morgan fingerprint density at radius 2 is 1.86 bits per heavy atom. The summed E-state index contributed by atoms with van der Waals surface area (Å²) in [5.41, 5.74) is 1.08. The standard InChI is InChI=1S/C25H26ClFN8O7/c1-39-21-11-17-20(29-14-30-24(17)32-19-3-2-16(27)10-18(19)26)12-22(21)42-9-8-41-7-6-40-5-4-28-23(36)13-34-15-31-25(33-34)35(37)38/h2-3,10-12,14-15H,4-9,13H2,1H3,(H,28,36)(H,29,30,32). The number of benzene rings is 2. The molecule has 17 heteroatoms. The Hall–Kier alpha value is -4.67. The van der Waals surface area contributed by atoms with Crippen molar-refractivity contribution in [2.24, 2.45) is 0 Å². The predicted molar refractivity (Wildman–Crippen MR) is 148 cm³/mol. The molecule has 0 aliphatic rings. The highest BCUT2D eigenvalue weighted by molar-refractivity contribution is 6.33. The normalized spacial score (nSPS) is 10.9. The quantitative estimate of drug-likeness (QED) is 0.109. The first-order chi connectivity index (χ1) is 20.3. The molecule has 4 aromatic rings. The largest absolute Gasteiger partial charge is 0.493 e. The van der Waals surface area contributed by atoms with E-state index in [9.17, 15) is 19.3 Å². The average molecular weight is 605 g/mol. The Morgan fingerprint density at radius 1 is 1.07 bits per heavy atom. The summed E-state index contributed by atoms with van der Waals surface area (Å²) in [6.07, 6.45) is 2.50. The number of hydrogen-bond acceptors (Lipinski definition) is 12. The van der Waals surface area contributed by atoms with E-state index in [1.165, 1.54) is 31.6 Å². The molecular formula is C25H26ClFN8O7. The van der Waals surface area contributed by atoms with Gasteiger partial charge in [0.25, 0.3) is 0 Å². The summed E-state index contributed by atoms with van der Waals surface area (Å²) in [6, 6.07) is 7.46. The van der Waals surface area contributed by atoms with Crippen molar-refractivity contribution in [3.63, 3.8) is 0 Å². The van der Waals surface area contributed by atoms with Crippen LogP contribution >= 0.6 is 11.6 Å². The van der Waals surface area contributed by atoms with Crippen molar-refractivity contribution in [2.45, 2.75) is 6.54 Å². The van der Waals surface area contributed by atoms with Gasteiger partial charge < -0.3 is 39.7 Å². The number of carbonyl (C=O) groups is 1. The molecule has 2 aromatic carbocycles. The van der Waals surface area contributed by atoms with Crippen LogP contribution in [0.1, 0.15) is 0 Å². The van der Waals surface area contributed by atoms with Crippen molar-refractivity contribution < 1.29 is 33.1 Å². The van der Waals surface area contributed by atoms with Crippen LogP contribution in [0.5, 0.6) is 11.5 Å². The van der Waals surface area contributed by atoms with Crippen molar-refractivity contribution in [3.8, 4) is 11.5 Å². The summed E-state index contributed by atoms with van der Waals surface area (Å²) in [4.78, 5) is 33.7. The van der Waals surface area contributed by atoms with Gasteiger partial charge in [0.1, 0.15) is 31.1 Å². The Labute approximate surface area is 243 Å². The van der Waals surface area contributed by atoms with Gasteiger partial charge in [0.15, 0.2) is 11.5 Å². The zero-order valence-electron chi connectivity index (χ0n) is 22.3. The molecule has 0 aliphatic carbocycles. The van der Waals surface area contributed by atoms with E-state index in [1.807, 2.05) is 0 Å². The third kappa shape index (κ3) is 8.42. The van der Waals surface area contributed by atoms with Gasteiger partial charge in [-0.15, -0.1) is 0 Å². The zero-order chi connectivity index (χ0) is 29.9. The molecule has 0 spiro atoms. The molecule has 0 saturated heterocycles. The lowest BCUT2D eigenvalue weighted by Gasteiger charge is -2.14. The number of fused-ring (bicyclic) bond motifs is 1. The highest BCUT2D eigenvalue weighted by Gasteiger charge is 2.15. The maximum atomic E-state index is 13.4. The first-order valence-corrected chi connectivity index (χ1v) is 12.9. The minimum Gasteiger partial charge on any atom is -0.493 e. The fraction of sp³-hybridized carbons (Fsp3) is 0.320. The minimum atomic E-state index is -0.740. The van der Waals surface area contributed by atoms with E-state index >= 15 is 0 Å². The Balaban J connectivity index is 1.15. The number of amides is 1. The van der Waals surface area contributed by atoms with Gasteiger partial charge in [-0.3, -0.25) is 4.79 Å². The first-order valence-electron chi connectivity index (χ1n) is 12.5. The summed E-state index contributed by atoms with van der Waals surface area (Å²) < 4.78 is 36.7. The van der Waals surface area contributed by atoms with Crippen LogP contribution in [0.2, 0.25) is 5.02 Å². The molecule has 0 saturated carbocycles. The number of nitro groups is 1. The molecule has 0 aliphatic heterocycles. The van der Waals surface area contributed by atoms with Gasteiger partial charge in [0.2, 0.25) is 12.2 Å². The number of carbonyl (C=O) groups excluding carboxylic acids is 1. The lowest BCUT2D eigenvalue weighted by molar-refractivity contribution is -0.394. The number of ether oxygens (including phenoxy) is 4. The molecule has 2 N–H and O–H groups in total. The van der Waals surface area contributed by atoms with Crippen LogP contribution in [0.25, 0.3) is 10.9 Å². The molecule has 0 unspecified atom stereocenters. The van der Waals surface area contributed by atoms with Gasteiger partial charge in [-0.2, -0.15) is 4.68 Å². The van der Waals surface area contributed by atoms with Crippen LogP contribution in [0, 0.1) is 15.9 Å². The molecule has 0 atom stereocenters. The Bertz CT molecular complexity index is 1540. The van der Waals surface area contributed by atoms with Gasteiger partial charge >= 0.3 is 5.95 Å². The van der Waals surface area contributed by atoms with Gasteiger partial charge in [-0.1, -0.05) is 16.6 Å². The van der Waals surface area contributed by atoms with Crippen molar-refractivity contribution in [3.05, 3.63) is 63.9 Å². The van der Waals surface area contributed by atoms with Crippen molar-refractivity contribution in [1.29, 1.82) is 0 Å². The topological polar surface area (TPSA) is 178 Å². The zero-order valence-corrected chi connectivity index (χ0v) is 23.0. The second kappa shape index (κ2) is 14.8. The molecule has 2 heterocycles. The highest BCUT2D eigenvalue weighted by Crippen LogP contribution is 2.35. The fourth-order valence-electron chi connectivity index (χ4n) is 3.60. The molecule has 0 radical (unpaired) electrons. The summed E-state index contributed by atoms with van der Waals surface area (Å²) in [6.45, 7) is 1.44. The van der Waals surface area contributed by atoms with Crippen LogP contribution < -0.4 is 20.1 Å². The van der Waals surface area contributed by atoms with Crippen LogP contribution in [0.3, 0.4) is 0 Å². The first kappa shape index (κ1) is 30.3. The van der Waals surface area contributed by atoms with E-state index in [0.29, 0.717) is 47.1 Å². The van der Waals surface area contributed by atoms with E-state index in [2.05, 4.69) is 30.7 Å². The number of aromatic nitrogens is 5. The van der Waals surface area contributed by atoms with Gasteiger partial charge in [0.05, 0.1) is 49.8 Å². The van der Waals surface area contributed by atoms with E-state index in [1.54, 1.807) is 12.1 Å². The predicted octanol–water partition coefficient (Wildman–Crippen LogP) is 2.90. The Morgan fingerprint density at radius 3 is 2.60 bits per heavy atom. The van der Waals surface area contributed by atoms with Crippen LogP contribution in [-0.4, -0.2) is 82.3 Å². The lowest BCUT2D eigenvalue weighted by Crippen LogP contribution is -2.31. The number of anilines is 2. The van der Waals surface area contributed by atoms with Gasteiger partial charge in [-0.05, 0) is 29.2 Å². The maximum absolute atomic E-state index is 13.4. The molecule has 0 fully saturated rings. The monoisotopic (exact) mass is 604 g/mol. The van der Waals surface area contributed by atoms with E-state index in [0.717, 1.165) is 11.0 Å². The van der Waals surface area contributed by atoms with Crippen molar-refractivity contribution in [1.82, 2.24) is 30.0 Å². The highest BCUT2D eigenvalue weighted by atomic mass is 35.5. The maximum Gasteiger partial charge on any atom is 0.490 e. The smallest absolute Gasteiger partial charge is 0.490 e. The van der Waals surface area contributed by atoms with Gasteiger partial charge in [-0.25, -0.2) is 14.4 Å². The fourth-order valence-corrected chi connectivity index (χ4v) is 3.81. The molecule has 42 heavy (non-hydrogen) atoms. The molecule has 0 bridgehead atoms. The minimum absolute atomic E-state index is 0.193. The molecule has 2 aromatic heterocycles. The van der Waals surface area contributed by atoms with E-state index < -0.39 is 16.7 Å². The molecule has 15 nitrogen and oxygen atoms in total. The van der Waals surface area contributed by atoms with Crippen LogP contribution in [-0.2, 0) is 20.8 Å². The molecule has 1 amide bonds. The molecule has 222 valence electrons. The van der Waals surface area contributed by atoms with Crippen LogP contribution in [0.15, 0.2) is 43.0 Å². The SMILES string of the molecule is COc1cc2c(Nc3ccc(F)cc3Cl)ncnc2cc1OCCOCCOCCNC(=O)Cn1cnc([N+](=O)[O-])n1. The number of rotatable bonds is 16. The molecular weight excluding hydrogens is 579 g/mol. The third-order valence-corrected chi connectivity index (χ3v) is 5.84. The summed E-state index contributed by atoms with van der Waals surface area (Å²) >= 11 is 6.14.